The van der Waals surface area contributed by atoms with Crippen LogP contribution in [0.2, 0.25) is 0 Å². The van der Waals surface area contributed by atoms with Gasteiger partial charge in [-0.3, -0.25) is 18.3 Å². The third kappa shape index (κ3) is 2.51. The molecule has 0 atom stereocenters. The number of piperidine rings is 1. The molecule has 0 radical (unpaired) electrons. The van der Waals surface area contributed by atoms with E-state index < -0.39 is 0 Å². The van der Waals surface area contributed by atoms with Crippen molar-refractivity contribution in [3.05, 3.63) is 32.7 Å². The van der Waals surface area contributed by atoms with Gasteiger partial charge in [-0.1, -0.05) is 6.92 Å². The Morgan fingerprint density at radius 2 is 1.81 bits per heavy atom. The van der Waals surface area contributed by atoms with Crippen LogP contribution in [0.25, 0.3) is 16.9 Å². The Labute approximate surface area is 151 Å². The van der Waals surface area contributed by atoms with E-state index in [1.807, 2.05) is 17.5 Å². The number of aromatic nitrogens is 5. The molecule has 3 aromatic heterocycles. The van der Waals surface area contributed by atoms with Crippen LogP contribution in [0.3, 0.4) is 0 Å². The van der Waals surface area contributed by atoms with Crippen LogP contribution in [0.1, 0.15) is 25.5 Å². The lowest BCUT2D eigenvalue weighted by Gasteiger charge is -2.30. The van der Waals surface area contributed by atoms with Gasteiger partial charge in [0.25, 0.3) is 5.56 Å². The third-order valence-electron chi connectivity index (χ3n) is 5.77. The zero-order valence-electron chi connectivity index (χ0n) is 15.9. The normalized spacial score (nSPS) is 16.9. The Morgan fingerprint density at radius 1 is 1.12 bits per heavy atom. The van der Waals surface area contributed by atoms with Gasteiger partial charge in [-0.05, 0) is 38.8 Å². The van der Waals surface area contributed by atoms with Crippen LogP contribution in [-0.2, 0) is 20.6 Å². The summed E-state index contributed by atoms with van der Waals surface area (Å²) in [7, 11) is 3.16. The van der Waals surface area contributed by atoms with E-state index in [1.54, 1.807) is 7.05 Å². The molecule has 1 aliphatic heterocycles. The molecule has 1 aliphatic rings. The minimum atomic E-state index is -0.353. The van der Waals surface area contributed by atoms with Crippen LogP contribution in [-0.4, -0.2) is 47.6 Å². The van der Waals surface area contributed by atoms with Gasteiger partial charge in [0.1, 0.15) is 0 Å². The fourth-order valence-corrected chi connectivity index (χ4v) is 3.93. The van der Waals surface area contributed by atoms with E-state index in [2.05, 4.69) is 21.4 Å². The highest BCUT2D eigenvalue weighted by Crippen LogP contribution is 2.18. The summed E-state index contributed by atoms with van der Waals surface area (Å²) in [4.78, 5) is 31.9. The second-order valence-corrected chi connectivity index (χ2v) is 7.61. The average Bonchev–Trinajstić information content (AvgIpc) is 3.13. The topological polar surface area (TPSA) is 69.5 Å². The molecule has 3 aromatic rings. The molecule has 26 heavy (non-hydrogen) atoms. The summed E-state index contributed by atoms with van der Waals surface area (Å²) in [5, 5.41) is 0. The van der Waals surface area contributed by atoms with Crippen molar-refractivity contribution in [2.45, 2.75) is 33.2 Å². The molecule has 0 amide bonds. The molecule has 0 bridgehead atoms. The first-order chi connectivity index (χ1) is 12.4. The average molecular weight is 358 g/mol. The van der Waals surface area contributed by atoms with E-state index in [-0.39, 0.29) is 11.2 Å². The summed E-state index contributed by atoms with van der Waals surface area (Å²) in [6.45, 7) is 8.43. The van der Waals surface area contributed by atoms with Crippen molar-refractivity contribution in [2.75, 3.05) is 19.6 Å². The number of hydrogen-bond acceptors (Lipinski definition) is 4. The lowest BCUT2D eigenvalue weighted by Crippen LogP contribution is -2.37. The summed E-state index contributed by atoms with van der Waals surface area (Å²) < 4.78 is 6.54. The minimum Gasteiger partial charge on any atom is -0.313 e. The second-order valence-electron chi connectivity index (χ2n) is 7.61. The van der Waals surface area contributed by atoms with Crippen molar-refractivity contribution in [1.29, 1.82) is 0 Å². The molecule has 0 N–H and O–H groups in total. The molecule has 0 spiro atoms. The number of rotatable bonds is 3. The molecule has 1 saturated heterocycles. The highest BCUT2D eigenvalue weighted by atomic mass is 16.2. The lowest BCUT2D eigenvalue weighted by atomic mass is 9.99. The minimum absolute atomic E-state index is 0.308. The SMILES string of the molecule is Cc1cn2c3c(=O)n(C)c(=O)n(C)c3nc2n1CCN1CCC(C)CC1. The highest BCUT2D eigenvalue weighted by Gasteiger charge is 2.20. The summed E-state index contributed by atoms with van der Waals surface area (Å²) >= 11 is 0. The highest BCUT2D eigenvalue weighted by molar-refractivity contribution is 5.75. The maximum Gasteiger partial charge on any atom is 0.332 e. The standard InChI is InChI=1S/C18H26N6O2/c1-12-5-7-22(8-6-12)9-10-23-13(2)11-24-14-15(19-17(23)24)20(3)18(26)21(4)16(14)25/h11-12H,5-10H2,1-4H3. The van der Waals surface area contributed by atoms with Crippen LogP contribution >= 0.6 is 0 Å². The zero-order valence-corrected chi connectivity index (χ0v) is 15.9. The first-order valence-corrected chi connectivity index (χ1v) is 9.24. The van der Waals surface area contributed by atoms with Crippen molar-refractivity contribution < 1.29 is 0 Å². The van der Waals surface area contributed by atoms with Crippen molar-refractivity contribution in [3.63, 3.8) is 0 Å². The van der Waals surface area contributed by atoms with E-state index >= 15 is 0 Å². The molecule has 0 saturated carbocycles. The van der Waals surface area contributed by atoms with Crippen molar-refractivity contribution >= 4 is 16.9 Å². The van der Waals surface area contributed by atoms with Gasteiger partial charge >= 0.3 is 5.69 Å². The van der Waals surface area contributed by atoms with E-state index in [4.69, 9.17) is 0 Å². The number of aryl methyl sites for hydroxylation is 2. The fraction of sp³-hybridized carbons (Fsp3) is 0.611. The third-order valence-corrected chi connectivity index (χ3v) is 5.77. The zero-order chi connectivity index (χ0) is 18.6. The van der Waals surface area contributed by atoms with Gasteiger partial charge in [-0.25, -0.2) is 4.79 Å². The predicted molar refractivity (Wildman–Crippen MR) is 101 cm³/mol. The first kappa shape index (κ1) is 17.1. The summed E-state index contributed by atoms with van der Waals surface area (Å²) in [6, 6.07) is 0. The molecule has 0 aromatic carbocycles. The van der Waals surface area contributed by atoms with E-state index in [1.165, 1.54) is 24.5 Å². The van der Waals surface area contributed by atoms with Crippen molar-refractivity contribution in [2.24, 2.45) is 20.0 Å². The van der Waals surface area contributed by atoms with E-state index in [0.29, 0.717) is 11.2 Å². The fourth-order valence-electron chi connectivity index (χ4n) is 3.93. The molecule has 0 unspecified atom stereocenters. The maximum atomic E-state index is 12.6. The number of likely N-dealkylation sites (tertiary alicyclic amines) is 1. The number of nitrogens with zero attached hydrogens (tertiary/aromatic N) is 6. The molecule has 4 rings (SSSR count). The van der Waals surface area contributed by atoms with Gasteiger partial charge in [0, 0.05) is 39.1 Å². The molecular formula is C18H26N6O2. The Balaban J connectivity index is 1.75. The largest absolute Gasteiger partial charge is 0.332 e. The summed E-state index contributed by atoms with van der Waals surface area (Å²) in [6.07, 6.45) is 4.45. The van der Waals surface area contributed by atoms with Gasteiger partial charge in [-0.2, -0.15) is 4.98 Å². The first-order valence-electron chi connectivity index (χ1n) is 9.24. The summed E-state index contributed by atoms with van der Waals surface area (Å²) in [5.41, 5.74) is 1.30. The molecule has 8 heteroatoms. The van der Waals surface area contributed by atoms with Crippen LogP contribution < -0.4 is 11.2 Å². The van der Waals surface area contributed by atoms with Crippen LogP contribution in [0.15, 0.2) is 15.8 Å². The second kappa shape index (κ2) is 6.12. The predicted octanol–water partition coefficient (Wildman–Crippen LogP) is 0.727. The van der Waals surface area contributed by atoms with Gasteiger partial charge in [-0.15, -0.1) is 0 Å². The van der Waals surface area contributed by atoms with E-state index in [0.717, 1.165) is 48.1 Å². The Bertz CT molecular complexity index is 1090. The van der Waals surface area contributed by atoms with Crippen molar-refractivity contribution in [3.8, 4) is 0 Å². The number of imidazole rings is 2. The smallest absolute Gasteiger partial charge is 0.313 e. The van der Waals surface area contributed by atoms with Crippen molar-refractivity contribution in [1.82, 2.24) is 28.0 Å². The Hall–Kier alpha value is -2.35. The van der Waals surface area contributed by atoms with Gasteiger partial charge in [0.05, 0.1) is 0 Å². The monoisotopic (exact) mass is 358 g/mol. The number of hydrogen-bond donors (Lipinski definition) is 0. The Morgan fingerprint density at radius 3 is 2.50 bits per heavy atom. The lowest BCUT2D eigenvalue weighted by molar-refractivity contribution is 0.187. The van der Waals surface area contributed by atoms with Gasteiger partial charge in [0.15, 0.2) is 11.2 Å². The van der Waals surface area contributed by atoms with Gasteiger partial charge < -0.3 is 9.47 Å². The van der Waals surface area contributed by atoms with Crippen LogP contribution in [0, 0.1) is 12.8 Å². The maximum absolute atomic E-state index is 12.6. The Kier molecular flexibility index (Phi) is 4.02. The summed E-state index contributed by atoms with van der Waals surface area (Å²) in [5.74, 6) is 1.54. The van der Waals surface area contributed by atoms with Crippen LogP contribution in [0.5, 0.6) is 0 Å². The quantitative estimate of drug-likeness (QED) is 0.692. The molecule has 140 valence electrons. The van der Waals surface area contributed by atoms with Crippen LogP contribution in [0.4, 0.5) is 0 Å². The molecule has 8 nitrogen and oxygen atoms in total. The molecular weight excluding hydrogens is 332 g/mol. The molecule has 1 fully saturated rings. The molecule has 4 heterocycles. The molecule has 0 aliphatic carbocycles. The van der Waals surface area contributed by atoms with Gasteiger partial charge in [0.2, 0.25) is 5.78 Å². The van der Waals surface area contributed by atoms with E-state index in [9.17, 15) is 9.59 Å². The number of fused-ring (bicyclic) bond motifs is 3.